The molecule has 382 valence electrons. The second-order valence-electron chi connectivity index (χ2n) is 17.3. The van der Waals surface area contributed by atoms with Gasteiger partial charge in [0.15, 0.2) is 28.5 Å². The lowest BCUT2D eigenvalue weighted by Crippen LogP contribution is -2.60. The lowest BCUT2D eigenvalue weighted by atomic mass is 9.82. The second-order valence-corrected chi connectivity index (χ2v) is 18.9. The predicted molar refractivity (Wildman–Crippen MR) is 275 cm³/mol. The molecule has 1 heterocycles. The molecule has 0 bridgehead atoms. The van der Waals surface area contributed by atoms with Crippen LogP contribution in [0.2, 0.25) is 0 Å². The van der Waals surface area contributed by atoms with E-state index in [1.807, 2.05) is 146 Å². The molecule has 0 fully saturated rings. The van der Waals surface area contributed by atoms with Crippen LogP contribution in [0, 0.1) is 0 Å². The second kappa shape index (κ2) is 24.7. The van der Waals surface area contributed by atoms with Gasteiger partial charge in [-0.2, -0.15) is 0 Å². The number of alkyl carbamates (subject to hydrolysis) is 1. The Kier molecular flexibility index (Phi) is 17.5. The molecule has 8 rings (SSSR count). The Hall–Kier alpha value is -7.94. The minimum Gasteiger partial charge on any atom is -0.485 e. The number of hydrogen-bond acceptors (Lipinski definition) is 13. The van der Waals surface area contributed by atoms with Crippen LogP contribution in [0.25, 0.3) is 0 Å². The Bertz CT molecular complexity index is 2960. The maximum absolute atomic E-state index is 15.5. The first kappa shape index (κ1) is 52.4. The zero-order chi connectivity index (χ0) is 51.8. The van der Waals surface area contributed by atoms with E-state index in [2.05, 4.69) is 10.6 Å². The fourth-order valence-electron chi connectivity index (χ4n) is 7.89. The van der Waals surface area contributed by atoms with Crippen molar-refractivity contribution < 1.29 is 60.9 Å². The van der Waals surface area contributed by atoms with Gasteiger partial charge in [-0.05, 0) is 77.1 Å². The molecule has 0 aliphatic carbocycles. The molecule has 7 aromatic carbocycles. The maximum atomic E-state index is 15.5. The molecule has 2 amide bonds. The summed E-state index contributed by atoms with van der Waals surface area (Å²) in [6, 6.07) is 54.0. The molecule has 0 spiro atoms. The number of nitrogens with one attached hydrogen (secondary N) is 2. The number of hydrogen-bond donors (Lipinski definition) is 2. The van der Waals surface area contributed by atoms with Gasteiger partial charge in [0.2, 0.25) is 0 Å². The highest BCUT2D eigenvalue weighted by Crippen LogP contribution is 2.53. The lowest BCUT2D eigenvalue weighted by molar-refractivity contribution is -0.266. The van der Waals surface area contributed by atoms with Gasteiger partial charge in [-0.1, -0.05) is 164 Å². The molecule has 3 atom stereocenters. The molecule has 0 saturated carbocycles. The molecule has 7 aromatic rings. The third-order valence-corrected chi connectivity index (χ3v) is 13.0. The van der Waals surface area contributed by atoms with Gasteiger partial charge in [0, 0.05) is 13.3 Å². The van der Waals surface area contributed by atoms with Crippen molar-refractivity contribution in [1.82, 2.24) is 10.6 Å². The van der Waals surface area contributed by atoms with Crippen LogP contribution in [0.3, 0.4) is 0 Å². The Balaban J connectivity index is 1.22. The number of phosphoric acid groups is 1. The van der Waals surface area contributed by atoms with Gasteiger partial charge in [-0.25, -0.2) is 14.2 Å². The SMILES string of the molecule is CCO[C@@]1(C)Oc2ccc(C[C@@](NC(=O)OCc3ccccc3)(C(=O)N[C@@H](C)C(=O)OCc3ccccc3)c3ccc(OP(=O)(OCc4ccccc4)OCc4ccccc4)c(OCc4ccccc4)c3)cc2O1. The predicted octanol–water partition coefficient (Wildman–Crippen LogP) is 11.3. The van der Waals surface area contributed by atoms with Crippen molar-refractivity contribution in [1.29, 1.82) is 0 Å². The molecule has 15 nitrogen and oxygen atoms in total. The van der Waals surface area contributed by atoms with E-state index >= 15 is 4.79 Å². The molecular weight excluding hydrogens is 964 g/mol. The average Bonchev–Trinajstić information content (AvgIpc) is 3.77. The summed E-state index contributed by atoms with van der Waals surface area (Å²) < 4.78 is 69.1. The summed E-state index contributed by atoms with van der Waals surface area (Å²) in [5.74, 6) is -2.38. The van der Waals surface area contributed by atoms with E-state index in [0.717, 1.165) is 11.1 Å². The number of rotatable bonds is 24. The fourth-order valence-corrected chi connectivity index (χ4v) is 9.08. The van der Waals surface area contributed by atoms with E-state index in [4.69, 9.17) is 42.0 Å². The Morgan fingerprint density at radius 2 is 1.08 bits per heavy atom. The van der Waals surface area contributed by atoms with Crippen LogP contribution >= 0.6 is 7.82 Å². The molecule has 0 saturated heterocycles. The minimum absolute atomic E-state index is 0.0108. The number of ether oxygens (including phenoxy) is 6. The number of phosphoric ester groups is 1. The highest BCUT2D eigenvalue weighted by molar-refractivity contribution is 7.48. The van der Waals surface area contributed by atoms with Crippen LogP contribution in [-0.4, -0.2) is 36.6 Å². The number of carbonyl (C=O) groups is 3. The van der Waals surface area contributed by atoms with Crippen LogP contribution in [0.5, 0.6) is 23.0 Å². The molecule has 0 radical (unpaired) electrons. The van der Waals surface area contributed by atoms with Crippen molar-refractivity contribution in [3.05, 3.63) is 227 Å². The molecule has 1 aliphatic heterocycles. The number of amides is 2. The van der Waals surface area contributed by atoms with Crippen LogP contribution in [-0.2, 0) is 82.4 Å². The number of esters is 1. The van der Waals surface area contributed by atoms with Gasteiger partial charge >= 0.3 is 25.9 Å². The number of carbonyl (C=O) groups excluding carboxylic acids is 3. The van der Waals surface area contributed by atoms with Crippen molar-refractivity contribution in [2.24, 2.45) is 0 Å². The standard InChI is InChI=1S/C58H57N2O13P/c1-4-68-57(3)71-50-32-30-48(34-53(50)72-57)36-58(60-56(63)67-39-45-24-14-7-15-25-45,55(62)59-42(2)54(61)66-38-44-22-12-6-13-23-44)49-31-33-51(52(35-49)65-37-43-20-10-5-11-21-43)73-74(64,69-40-46-26-16-8-17-27-46)70-41-47-28-18-9-19-29-47/h5-35,42H,4,36-41H2,1-3H3,(H,59,62)(H,60,63)/t42-,57-,58-/m0/s1. The fraction of sp³-hybridized carbons (Fsp3) is 0.224. The van der Waals surface area contributed by atoms with Crippen molar-refractivity contribution >= 4 is 25.8 Å². The van der Waals surface area contributed by atoms with Gasteiger partial charge in [0.05, 0.1) is 19.8 Å². The van der Waals surface area contributed by atoms with E-state index in [-0.39, 0.29) is 56.5 Å². The van der Waals surface area contributed by atoms with E-state index in [1.54, 1.807) is 37.3 Å². The van der Waals surface area contributed by atoms with Gasteiger partial charge < -0.3 is 43.6 Å². The number of fused-ring (bicyclic) bond motifs is 1. The van der Waals surface area contributed by atoms with E-state index in [0.29, 0.717) is 40.4 Å². The van der Waals surface area contributed by atoms with Gasteiger partial charge in [0.1, 0.15) is 25.9 Å². The molecule has 16 heteroatoms. The summed E-state index contributed by atoms with van der Waals surface area (Å²) in [6.45, 7) is 4.74. The van der Waals surface area contributed by atoms with Crippen molar-refractivity contribution in [3.63, 3.8) is 0 Å². The molecular formula is C58H57N2O13P. The third-order valence-electron chi connectivity index (χ3n) is 11.7. The van der Waals surface area contributed by atoms with Crippen molar-refractivity contribution in [2.75, 3.05) is 6.61 Å². The quantitative estimate of drug-likeness (QED) is 0.0432. The van der Waals surface area contributed by atoms with Crippen LogP contribution in [0.4, 0.5) is 4.79 Å². The number of benzene rings is 7. The first-order chi connectivity index (χ1) is 35.9. The minimum atomic E-state index is -4.50. The first-order valence-electron chi connectivity index (χ1n) is 24.0. The van der Waals surface area contributed by atoms with Gasteiger partial charge in [-0.15, -0.1) is 0 Å². The Morgan fingerprint density at radius 3 is 1.62 bits per heavy atom. The van der Waals surface area contributed by atoms with Crippen LogP contribution in [0.15, 0.2) is 188 Å². The van der Waals surface area contributed by atoms with Crippen LogP contribution in [0.1, 0.15) is 59.7 Å². The highest BCUT2D eigenvalue weighted by Gasteiger charge is 2.46. The zero-order valence-electron chi connectivity index (χ0n) is 41.2. The summed E-state index contributed by atoms with van der Waals surface area (Å²) in [6.07, 6.45) is -1.25. The normalized spacial score (nSPS) is 15.0. The monoisotopic (exact) mass is 1020 g/mol. The molecule has 2 N–H and O–H groups in total. The van der Waals surface area contributed by atoms with E-state index < -0.39 is 43.3 Å². The Morgan fingerprint density at radius 1 is 0.581 bits per heavy atom. The van der Waals surface area contributed by atoms with Gasteiger partial charge in [0.25, 0.3) is 5.91 Å². The van der Waals surface area contributed by atoms with Crippen molar-refractivity contribution in [2.45, 2.75) is 77.8 Å². The van der Waals surface area contributed by atoms with Crippen LogP contribution < -0.4 is 29.4 Å². The molecule has 74 heavy (non-hydrogen) atoms. The largest absolute Gasteiger partial charge is 0.530 e. The molecule has 1 aliphatic rings. The van der Waals surface area contributed by atoms with E-state index in [1.165, 1.54) is 25.1 Å². The molecule has 0 unspecified atom stereocenters. The Labute approximate surface area is 430 Å². The molecule has 0 aromatic heterocycles. The summed E-state index contributed by atoms with van der Waals surface area (Å²) in [4.78, 5) is 43.5. The topological polar surface area (TPSA) is 175 Å². The first-order valence-corrected chi connectivity index (χ1v) is 25.5. The smallest absolute Gasteiger partial charge is 0.485 e. The maximum Gasteiger partial charge on any atom is 0.530 e. The van der Waals surface area contributed by atoms with Gasteiger partial charge in [-0.3, -0.25) is 13.8 Å². The summed E-state index contributed by atoms with van der Waals surface area (Å²) in [7, 11) is -4.50. The summed E-state index contributed by atoms with van der Waals surface area (Å²) in [5.41, 5.74) is 2.10. The zero-order valence-corrected chi connectivity index (χ0v) is 42.1. The highest BCUT2D eigenvalue weighted by atomic mass is 31.2. The average molecular weight is 1020 g/mol. The third kappa shape index (κ3) is 14.2. The van der Waals surface area contributed by atoms with E-state index in [9.17, 15) is 14.2 Å². The van der Waals surface area contributed by atoms with Crippen molar-refractivity contribution in [3.8, 4) is 23.0 Å². The summed E-state index contributed by atoms with van der Waals surface area (Å²) in [5, 5.41) is 5.71. The lowest BCUT2D eigenvalue weighted by Gasteiger charge is -2.35. The summed E-state index contributed by atoms with van der Waals surface area (Å²) >= 11 is 0.